The lowest BCUT2D eigenvalue weighted by atomic mass is 9.95. The normalized spacial score (nSPS) is 11.1. The largest absolute Gasteiger partial charge is 0.459 e. The zero-order valence-corrected chi connectivity index (χ0v) is 18.9. The van der Waals surface area contributed by atoms with Crippen LogP contribution in [0.2, 0.25) is 0 Å². The van der Waals surface area contributed by atoms with Gasteiger partial charge in [0, 0.05) is 34.6 Å². The second kappa shape index (κ2) is 8.74. The molecule has 4 aromatic rings. The van der Waals surface area contributed by atoms with Crippen molar-refractivity contribution in [3.63, 3.8) is 0 Å². The van der Waals surface area contributed by atoms with Gasteiger partial charge >= 0.3 is 5.97 Å². The molecule has 3 N–H and O–H groups in total. The molecular formula is C25H25N5O3. The lowest BCUT2D eigenvalue weighted by Crippen LogP contribution is -2.13. The average Bonchev–Trinajstić information content (AvgIpc) is 3.43. The first kappa shape index (κ1) is 22.0. The standard InChI is InChI=1S/C25H25N5O3/c1-6-20(31)29-19-9-16(8-7-14(19)4)22-21-15(5)18(25(32)33-13(2)3)12-26-24(21)30-23(22)17-10-27-28-11-17/h6-13H,1H2,2-5H3,(H,26,30)(H,27,28)(H,29,31). The van der Waals surface area contributed by atoms with E-state index in [1.807, 2.05) is 45.9 Å². The summed E-state index contributed by atoms with van der Waals surface area (Å²) in [6.07, 6.45) is 6.02. The zero-order chi connectivity index (χ0) is 23.7. The van der Waals surface area contributed by atoms with Crippen LogP contribution in [0.5, 0.6) is 0 Å². The van der Waals surface area contributed by atoms with Gasteiger partial charge in [0.25, 0.3) is 0 Å². The first-order chi connectivity index (χ1) is 15.8. The number of fused-ring (bicyclic) bond motifs is 1. The predicted molar refractivity (Wildman–Crippen MR) is 128 cm³/mol. The maximum absolute atomic E-state index is 12.7. The highest BCUT2D eigenvalue weighted by atomic mass is 16.5. The van der Waals surface area contributed by atoms with Crippen molar-refractivity contribution in [1.29, 1.82) is 0 Å². The van der Waals surface area contributed by atoms with E-state index in [-0.39, 0.29) is 12.0 Å². The van der Waals surface area contributed by atoms with Gasteiger partial charge in [0.1, 0.15) is 5.65 Å². The molecule has 0 aliphatic heterocycles. The number of nitrogens with zero attached hydrogens (tertiary/aromatic N) is 2. The van der Waals surface area contributed by atoms with Crippen LogP contribution in [0.25, 0.3) is 33.4 Å². The molecule has 0 aliphatic rings. The van der Waals surface area contributed by atoms with Crippen molar-refractivity contribution in [2.75, 3.05) is 5.32 Å². The smallest absolute Gasteiger partial charge is 0.340 e. The maximum Gasteiger partial charge on any atom is 0.340 e. The molecule has 0 unspecified atom stereocenters. The second-order valence-electron chi connectivity index (χ2n) is 8.06. The number of pyridine rings is 1. The van der Waals surface area contributed by atoms with Crippen LogP contribution in [0.15, 0.2) is 49.4 Å². The van der Waals surface area contributed by atoms with E-state index in [4.69, 9.17) is 4.74 Å². The fraction of sp³-hybridized carbons (Fsp3) is 0.200. The van der Waals surface area contributed by atoms with Crippen LogP contribution in [-0.2, 0) is 9.53 Å². The summed E-state index contributed by atoms with van der Waals surface area (Å²) < 4.78 is 5.42. The molecule has 0 radical (unpaired) electrons. The molecule has 33 heavy (non-hydrogen) atoms. The second-order valence-corrected chi connectivity index (χ2v) is 8.06. The van der Waals surface area contributed by atoms with Crippen molar-refractivity contribution in [3.05, 3.63) is 66.1 Å². The van der Waals surface area contributed by atoms with Gasteiger partial charge in [-0.3, -0.25) is 9.89 Å². The topological polar surface area (TPSA) is 113 Å². The van der Waals surface area contributed by atoms with Crippen LogP contribution in [0.1, 0.15) is 35.3 Å². The van der Waals surface area contributed by atoms with Crippen LogP contribution in [0, 0.1) is 13.8 Å². The first-order valence-corrected chi connectivity index (χ1v) is 10.6. The molecule has 0 fully saturated rings. The third-order valence-corrected chi connectivity index (χ3v) is 5.40. The maximum atomic E-state index is 12.7. The van der Waals surface area contributed by atoms with Gasteiger partial charge in [-0.15, -0.1) is 0 Å². The summed E-state index contributed by atoms with van der Waals surface area (Å²) in [6.45, 7) is 10.9. The van der Waals surface area contributed by atoms with Crippen LogP contribution in [0.4, 0.5) is 5.69 Å². The molecule has 0 saturated heterocycles. The number of carbonyl (C=O) groups excluding carboxylic acids is 2. The molecule has 3 heterocycles. The monoisotopic (exact) mass is 443 g/mol. The Morgan fingerprint density at radius 2 is 1.97 bits per heavy atom. The van der Waals surface area contributed by atoms with Gasteiger partial charge in [-0.2, -0.15) is 5.10 Å². The molecule has 0 bridgehead atoms. The van der Waals surface area contributed by atoms with E-state index in [9.17, 15) is 9.59 Å². The lowest BCUT2D eigenvalue weighted by Gasteiger charge is -2.13. The lowest BCUT2D eigenvalue weighted by molar-refractivity contribution is -0.111. The number of amides is 1. The van der Waals surface area contributed by atoms with Gasteiger partial charge < -0.3 is 15.0 Å². The quantitative estimate of drug-likeness (QED) is 0.289. The number of aromatic amines is 2. The third-order valence-electron chi connectivity index (χ3n) is 5.40. The number of anilines is 1. The number of hydrogen-bond acceptors (Lipinski definition) is 5. The number of benzene rings is 1. The highest BCUT2D eigenvalue weighted by molar-refractivity contribution is 6.08. The first-order valence-electron chi connectivity index (χ1n) is 10.6. The van der Waals surface area contributed by atoms with E-state index >= 15 is 0 Å². The fourth-order valence-corrected chi connectivity index (χ4v) is 3.78. The minimum atomic E-state index is -0.420. The molecule has 3 aromatic heterocycles. The summed E-state index contributed by atoms with van der Waals surface area (Å²) in [5.41, 5.74) is 6.72. The number of ether oxygens (including phenoxy) is 1. The Labute approximate surface area is 191 Å². The van der Waals surface area contributed by atoms with Crippen molar-refractivity contribution in [2.24, 2.45) is 0 Å². The molecular weight excluding hydrogens is 418 g/mol. The predicted octanol–water partition coefficient (Wildman–Crippen LogP) is 4.93. The molecule has 8 heteroatoms. The van der Waals surface area contributed by atoms with E-state index in [1.165, 1.54) is 12.3 Å². The summed E-state index contributed by atoms with van der Waals surface area (Å²) in [6, 6.07) is 5.82. The van der Waals surface area contributed by atoms with Crippen molar-refractivity contribution < 1.29 is 14.3 Å². The summed E-state index contributed by atoms with van der Waals surface area (Å²) in [5.74, 6) is -0.711. The number of hydrogen-bond donors (Lipinski definition) is 3. The fourth-order valence-electron chi connectivity index (χ4n) is 3.78. The molecule has 1 aromatic carbocycles. The molecule has 0 saturated carbocycles. The van der Waals surface area contributed by atoms with E-state index in [2.05, 4.69) is 32.1 Å². The number of rotatable bonds is 6. The molecule has 0 spiro atoms. The Balaban J connectivity index is 1.98. The SMILES string of the molecule is C=CC(=O)Nc1cc(-c2c(-c3cn[nH]c3)[nH]c3ncc(C(=O)OC(C)C)c(C)c23)ccc1C. The molecule has 1 amide bonds. The Morgan fingerprint density at radius 3 is 2.64 bits per heavy atom. The third kappa shape index (κ3) is 4.15. The summed E-state index contributed by atoms with van der Waals surface area (Å²) in [7, 11) is 0. The number of nitrogens with one attached hydrogen (secondary N) is 3. The van der Waals surface area contributed by atoms with E-state index in [0.29, 0.717) is 16.9 Å². The molecule has 168 valence electrons. The molecule has 8 nitrogen and oxygen atoms in total. The number of carbonyl (C=O) groups is 2. The Morgan fingerprint density at radius 1 is 1.18 bits per heavy atom. The highest BCUT2D eigenvalue weighted by Gasteiger charge is 2.23. The Kier molecular flexibility index (Phi) is 5.83. The van der Waals surface area contributed by atoms with Crippen molar-refractivity contribution in [1.82, 2.24) is 20.2 Å². The minimum absolute atomic E-state index is 0.243. The van der Waals surface area contributed by atoms with Gasteiger partial charge in [0.05, 0.1) is 23.6 Å². The van der Waals surface area contributed by atoms with Gasteiger partial charge in [0.15, 0.2) is 0 Å². The van der Waals surface area contributed by atoms with E-state index in [1.54, 1.807) is 12.4 Å². The molecule has 0 atom stereocenters. The van der Waals surface area contributed by atoms with E-state index in [0.717, 1.165) is 38.9 Å². The summed E-state index contributed by atoms with van der Waals surface area (Å²) >= 11 is 0. The summed E-state index contributed by atoms with van der Waals surface area (Å²) in [4.78, 5) is 32.6. The van der Waals surface area contributed by atoms with Gasteiger partial charge in [-0.05, 0) is 56.5 Å². The van der Waals surface area contributed by atoms with Crippen molar-refractivity contribution in [3.8, 4) is 22.4 Å². The molecule has 4 rings (SSSR count). The number of esters is 1. The van der Waals surface area contributed by atoms with Gasteiger partial charge in [0.2, 0.25) is 5.91 Å². The summed E-state index contributed by atoms with van der Waals surface area (Å²) in [5, 5.41) is 10.6. The molecule has 0 aliphatic carbocycles. The zero-order valence-electron chi connectivity index (χ0n) is 18.9. The van der Waals surface area contributed by atoms with Crippen LogP contribution in [-0.4, -0.2) is 38.1 Å². The minimum Gasteiger partial charge on any atom is -0.459 e. The van der Waals surface area contributed by atoms with Crippen molar-refractivity contribution in [2.45, 2.75) is 33.8 Å². The number of H-pyrrole nitrogens is 2. The van der Waals surface area contributed by atoms with Crippen LogP contribution >= 0.6 is 0 Å². The van der Waals surface area contributed by atoms with Crippen molar-refractivity contribution >= 4 is 28.6 Å². The Bertz CT molecular complexity index is 1370. The van der Waals surface area contributed by atoms with E-state index < -0.39 is 5.97 Å². The average molecular weight is 444 g/mol. The van der Waals surface area contributed by atoms with Gasteiger partial charge in [-0.25, -0.2) is 9.78 Å². The Hall–Kier alpha value is -4.20. The van der Waals surface area contributed by atoms with Gasteiger partial charge in [-0.1, -0.05) is 18.7 Å². The van der Waals surface area contributed by atoms with Crippen LogP contribution in [0.3, 0.4) is 0 Å². The number of aromatic nitrogens is 4. The number of aryl methyl sites for hydroxylation is 2. The highest BCUT2D eigenvalue weighted by Crippen LogP contribution is 2.41. The van der Waals surface area contributed by atoms with Crippen LogP contribution < -0.4 is 5.32 Å².